The number of aromatic nitrogens is 1. The summed E-state index contributed by atoms with van der Waals surface area (Å²) in [5, 5.41) is 0. The second-order valence-corrected chi connectivity index (χ2v) is 5.64. The number of ketones is 1. The maximum Gasteiger partial charge on any atom is 0.265 e. The van der Waals surface area contributed by atoms with Gasteiger partial charge in [0.05, 0.1) is 5.75 Å². The van der Waals surface area contributed by atoms with E-state index in [-0.39, 0.29) is 17.0 Å². The number of dihydropyridines is 1. The van der Waals surface area contributed by atoms with E-state index in [4.69, 9.17) is 4.55 Å². The highest BCUT2D eigenvalue weighted by molar-refractivity contribution is 7.85. The van der Waals surface area contributed by atoms with Gasteiger partial charge in [0.15, 0.2) is 18.2 Å². The van der Waals surface area contributed by atoms with Crippen LogP contribution in [0.2, 0.25) is 0 Å². The molecule has 2 heterocycles. The molecule has 1 aliphatic heterocycles. The molecule has 0 fully saturated rings. The van der Waals surface area contributed by atoms with E-state index in [9.17, 15) is 13.2 Å². The van der Waals surface area contributed by atoms with Crippen LogP contribution in [0.3, 0.4) is 0 Å². The van der Waals surface area contributed by atoms with E-state index in [0.717, 1.165) is 0 Å². The van der Waals surface area contributed by atoms with Crippen LogP contribution in [0.1, 0.15) is 6.42 Å². The van der Waals surface area contributed by atoms with E-state index >= 15 is 0 Å². The summed E-state index contributed by atoms with van der Waals surface area (Å²) in [6.07, 6.45) is 8.92. The van der Waals surface area contributed by atoms with Crippen molar-refractivity contribution in [3.63, 3.8) is 0 Å². The van der Waals surface area contributed by atoms with E-state index in [1.54, 1.807) is 12.3 Å². The summed E-state index contributed by atoms with van der Waals surface area (Å²) in [4.78, 5) is 14.0. The summed E-state index contributed by atoms with van der Waals surface area (Å²) >= 11 is 0. The summed E-state index contributed by atoms with van der Waals surface area (Å²) in [5.74, 6) is -0.1000. The van der Waals surface area contributed by atoms with Gasteiger partial charge in [-0.15, -0.1) is 0 Å². The predicted octanol–water partition coefficient (Wildman–Crippen LogP) is 0.271. The molecule has 0 amide bonds. The third-order valence-corrected chi connectivity index (χ3v) is 3.12. The fourth-order valence-corrected chi connectivity index (χ4v) is 1.91. The Morgan fingerprint density at radius 3 is 2.33 bits per heavy atom. The molecule has 21 heavy (non-hydrogen) atoms. The normalized spacial score (nSPS) is 13.1. The molecule has 0 aliphatic carbocycles. The van der Waals surface area contributed by atoms with Crippen LogP contribution >= 0.6 is 0 Å². The quantitative estimate of drug-likeness (QED) is 0.632. The lowest BCUT2D eigenvalue weighted by Crippen LogP contribution is -2.33. The number of allylic oxidation sites excluding steroid dienone is 1. The Hall–Kier alpha value is -1.90. The van der Waals surface area contributed by atoms with Gasteiger partial charge in [0, 0.05) is 24.8 Å². The van der Waals surface area contributed by atoms with Crippen molar-refractivity contribution in [3.8, 4) is 0 Å². The van der Waals surface area contributed by atoms with E-state index in [1.807, 2.05) is 35.2 Å². The molecule has 0 unspecified atom stereocenters. The zero-order valence-electron chi connectivity index (χ0n) is 11.4. The monoisotopic (exact) mass is 314 g/mol. The van der Waals surface area contributed by atoms with Crippen molar-refractivity contribution in [1.29, 1.82) is 0 Å². The van der Waals surface area contributed by atoms with Crippen LogP contribution < -0.4 is 4.57 Å². The number of aryl methyl sites for hydroxylation is 1. The molecule has 2 rings (SSSR count). The van der Waals surface area contributed by atoms with Gasteiger partial charge in [-0.05, 0) is 12.2 Å². The van der Waals surface area contributed by atoms with Crippen molar-refractivity contribution in [3.05, 3.63) is 42.7 Å². The van der Waals surface area contributed by atoms with Gasteiger partial charge >= 0.3 is 0 Å². The van der Waals surface area contributed by atoms with Crippen molar-refractivity contribution in [1.82, 2.24) is 0 Å². The highest BCUT2D eigenvalue weighted by Crippen LogP contribution is 1.88. The number of hydrogen-bond donors (Lipinski definition) is 1. The molecule has 2 N–H and O–H groups in total. The molecule has 0 bridgehead atoms. The van der Waals surface area contributed by atoms with Crippen molar-refractivity contribution in [2.45, 2.75) is 13.0 Å². The first kappa shape index (κ1) is 19.1. The molecule has 1 aromatic heterocycles. The SMILES string of the molecule is O=C1C=CC=NC1.O=S(=O)(O)CCC[n+]1ccccc1.[OH-]. The Bertz CT molecular complexity index is 582. The number of pyridine rings is 1. The number of aliphatic imine (C=N–C) groups is 1. The molecule has 0 radical (unpaired) electrons. The van der Waals surface area contributed by atoms with Gasteiger partial charge in [0.25, 0.3) is 10.1 Å². The van der Waals surface area contributed by atoms with Crippen molar-refractivity contribution < 1.29 is 27.8 Å². The Kier molecular flexibility index (Phi) is 9.02. The second-order valence-electron chi connectivity index (χ2n) is 4.07. The molecular weight excluding hydrogens is 296 g/mol. The zero-order valence-corrected chi connectivity index (χ0v) is 12.2. The van der Waals surface area contributed by atoms with E-state index in [2.05, 4.69) is 4.99 Å². The molecular formula is C13H18N2O5S. The third-order valence-electron chi connectivity index (χ3n) is 2.32. The maximum atomic E-state index is 10.4. The molecule has 0 spiro atoms. The van der Waals surface area contributed by atoms with Gasteiger partial charge < -0.3 is 5.48 Å². The van der Waals surface area contributed by atoms with E-state index in [0.29, 0.717) is 19.5 Å². The average Bonchev–Trinajstić information content (AvgIpc) is 2.40. The smallest absolute Gasteiger partial charge is 0.265 e. The number of rotatable bonds is 4. The number of carbonyl (C=O) groups excluding carboxylic acids is 1. The molecule has 0 atom stereocenters. The second kappa shape index (κ2) is 9.92. The van der Waals surface area contributed by atoms with Crippen molar-refractivity contribution in [2.75, 3.05) is 12.3 Å². The number of hydrogen-bond acceptors (Lipinski definition) is 5. The lowest BCUT2D eigenvalue weighted by molar-refractivity contribution is -0.696. The van der Waals surface area contributed by atoms with Crippen LogP contribution in [0.4, 0.5) is 0 Å². The lowest BCUT2D eigenvalue weighted by atomic mass is 10.3. The molecule has 8 heteroatoms. The Morgan fingerprint density at radius 2 is 1.90 bits per heavy atom. The fourth-order valence-electron chi connectivity index (χ4n) is 1.42. The van der Waals surface area contributed by atoms with Crippen LogP contribution in [0, 0.1) is 0 Å². The zero-order chi connectivity index (χ0) is 14.8. The molecule has 0 aromatic carbocycles. The molecule has 0 saturated carbocycles. The Balaban J connectivity index is 0.000000425. The summed E-state index contributed by atoms with van der Waals surface area (Å²) < 4.78 is 31.1. The predicted molar refractivity (Wildman–Crippen MR) is 77.1 cm³/mol. The largest absolute Gasteiger partial charge is 0.870 e. The van der Waals surface area contributed by atoms with Crippen LogP contribution in [0.25, 0.3) is 0 Å². The number of carbonyl (C=O) groups is 1. The van der Waals surface area contributed by atoms with Gasteiger partial charge in [0.1, 0.15) is 13.1 Å². The van der Waals surface area contributed by atoms with E-state index in [1.165, 1.54) is 6.08 Å². The molecule has 116 valence electrons. The van der Waals surface area contributed by atoms with Crippen molar-refractivity contribution >= 4 is 22.1 Å². The molecule has 1 aliphatic rings. The maximum absolute atomic E-state index is 10.4. The Morgan fingerprint density at radius 1 is 1.24 bits per heavy atom. The number of nitrogens with zero attached hydrogens (tertiary/aromatic N) is 2. The van der Waals surface area contributed by atoms with Gasteiger partial charge in [-0.3, -0.25) is 14.3 Å². The first-order valence-electron chi connectivity index (χ1n) is 6.06. The summed E-state index contributed by atoms with van der Waals surface area (Å²) in [6.45, 7) is 0.928. The standard InChI is InChI=1S/C8H11NO3S.C5H5NO.H2O/c10-13(11,12)8-4-7-9-5-2-1-3-6-9;7-5-2-1-3-6-4-5;/h1-3,5-6H,4,7-8H2;1-3H,4H2;1H2. The van der Waals surface area contributed by atoms with Crippen LogP contribution in [-0.2, 0) is 21.5 Å². The minimum atomic E-state index is -3.81. The summed E-state index contributed by atoms with van der Waals surface area (Å²) in [6, 6.07) is 5.63. The van der Waals surface area contributed by atoms with Crippen LogP contribution in [0.5, 0.6) is 0 Å². The van der Waals surface area contributed by atoms with Gasteiger partial charge in [-0.2, -0.15) is 8.42 Å². The topological polar surface area (TPSA) is 118 Å². The summed E-state index contributed by atoms with van der Waals surface area (Å²) in [7, 11) is -3.81. The van der Waals surface area contributed by atoms with Gasteiger partial charge in [-0.1, -0.05) is 6.07 Å². The molecule has 7 nitrogen and oxygen atoms in total. The lowest BCUT2D eigenvalue weighted by Gasteiger charge is -1.94. The molecule has 0 saturated heterocycles. The van der Waals surface area contributed by atoms with Gasteiger partial charge in [0.2, 0.25) is 0 Å². The van der Waals surface area contributed by atoms with Crippen molar-refractivity contribution in [2.24, 2.45) is 4.99 Å². The highest BCUT2D eigenvalue weighted by Gasteiger charge is 2.06. The third kappa shape index (κ3) is 10.5. The first-order chi connectivity index (χ1) is 9.47. The van der Waals surface area contributed by atoms with Crippen LogP contribution in [0.15, 0.2) is 47.7 Å². The minimum absolute atomic E-state index is 0. The first-order valence-corrected chi connectivity index (χ1v) is 7.67. The molecule has 1 aromatic rings. The highest BCUT2D eigenvalue weighted by atomic mass is 32.2. The average molecular weight is 314 g/mol. The van der Waals surface area contributed by atoms with Gasteiger partial charge in [-0.25, -0.2) is 4.57 Å². The fraction of sp³-hybridized carbons (Fsp3) is 0.308. The minimum Gasteiger partial charge on any atom is -0.870 e. The van der Waals surface area contributed by atoms with Crippen LogP contribution in [-0.4, -0.2) is 42.7 Å². The Labute approximate surface area is 123 Å². The van der Waals surface area contributed by atoms with E-state index < -0.39 is 10.1 Å². The summed E-state index contributed by atoms with van der Waals surface area (Å²) in [5.41, 5.74) is 0.